The van der Waals surface area contributed by atoms with E-state index in [1.54, 1.807) is 6.07 Å². The second-order valence-corrected chi connectivity index (χ2v) is 4.01. The maximum absolute atomic E-state index is 12.0. The van der Waals surface area contributed by atoms with Gasteiger partial charge < -0.3 is 25.3 Å². The molecular formula is C13H18F2N2O4. The number of nitrogens with one attached hydrogen (secondary N) is 1. The van der Waals surface area contributed by atoms with Crippen molar-refractivity contribution in [2.75, 3.05) is 39.7 Å². The Balaban J connectivity index is 2.65. The van der Waals surface area contributed by atoms with E-state index < -0.39 is 18.9 Å². The summed E-state index contributed by atoms with van der Waals surface area (Å²) < 4.78 is 38.5. The van der Waals surface area contributed by atoms with Gasteiger partial charge in [-0.25, -0.2) is 8.78 Å². The van der Waals surface area contributed by atoms with E-state index in [9.17, 15) is 13.6 Å². The first-order chi connectivity index (χ1) is 9.99. The number of rotatable bonds is 8. The Hall–Kier alpha value is -2.09. The van der Waals surface area contributed by atoms with Gasteiger partial charge in [0.05, 0.1) is 32.1 Å². The van der Waals surface area contributed by atoms with Crippen molar-refractivity contribution in [3.8, 4) is 11.5 Å². The van der Waals surface area contributed by atoms with Gasteiger partial charge in [0.25, 0.3) is 12.3 Å². The van der Waals surface area contributed by atoms with Crippen LogP contribution in [0.25, 0.3) is 0 Å². The highest BCUT2D eigenvalue weighted by molar-refractivity contribution is 6.00. The highest BCUT2D eigenvalue weighted by Gasteiger charge is 2.15. The van der Waals surface area contributed by atoms with Gasteiger partial charge in [0, 0.05) is 12.6 Å². The summed E-state index contributed by atoms with van der Waals surface area (Å²) in [4.78, 5) is 12.0. The fourth-order valence-electron chi connectivity index (χ4n) is 1.58. The number of halogens is 2. The van der Waals surface area contributed by atoms with Gasteiger partial charge in [-0.15, -0.1) is 0 Å². The van der Waals surface area contributed by atoms with E-state index >= 15 is 0 Å². The molecule has 3 N–H and O–H groups in total. The van der Waals surface area contributed by atoms with Gasteiger partial charge in [0.1, 0.15) is 18.1 Å². The number of benzene rings is 1. The summed E-state index contributed by atoms with van der Waals surface area (Å²) in [5.41, 5.74) is 6.17. The third-order valence-corrected chi connectivity index (χ3v) is 2.59. The molecule has 1 amide bonds. The number of carbonyl (C=O) groups excluding carboxylic acids is 1. The first-order valence-electron chi connectivity index (χ1n) is 6.15. The number of alkyl halides is 2. The molecule has 0 heterocycles. The molecule has 1 aromatic carbocycles. The number of nitrogens with two attached hydrogens (primary N) is 1. The molecule has 0 saturated heterocycles. The predicted molar refractivity (Wildman–Crippen MR) is 73.1 cm³/mol. The van der Waals surface area contributed by atoms with Crippen molar-refractivity contribution in [3.63, 3.8) is 0 Å². The Morgan fingerprint density at radius 3 is 2.62 bits per heavy atom. The van der Waals surface area contributed by atoms with Crippen molar-refractivity contribution >= 4 is 11.6 Å². The van der Waals surface area contributed by atoms with Gasteiger partial charge in [-0.05, 0) is 6.07 Å². The minimum absolute atomic E-state index is 0.0168. The molecule has 0 aliphatic rings. The van der Waals surface area contributed by atoms with Crippen LogP contribution in [0, 0.1) is 0 Å². The standard InChI is InChI=1S/C13H18F2N2O4/c1-19-8-5-9(12(16)10(6-8)20-2)13(18)17-3-4-21-7-11(14)15/h5-6,11H,3-4,7,16H2,1-2H3,(H,17,18). The summed E-state index contributed by atoms with van der Waals surface area (Å²) in [5, 5.41) is 2.52. The van der Waals surface area contributed by atoms with Crippen molar-refractivity contribution < 1.29 is 27.8 Å². The van der Waals surface area contributed by atoms with Crippen LogP contribution in [-0.4, -0.2) is 46.3 Å². The largest absolute Gasteiger partial charge is 0.497 e. The molecule has 0 unspecified atom stereocenters. The van der Waals surface area contributed by atoms with Gasteiger partial charge in [-0.1, -0.05) is 0 Å². The normalized spacial score (nSPS) is 10.5. The first-order valence-corrected chi connectivity index (χ1v) is 6.15. The number of ether oxygens (including phenoxy) is 3. The fourth-order valence-corrected chi connectivity index (χ4v) is 1.58. The van der Waals surface area contributed by atoms with Crippen LogP contribution in [0.15, 0.2) is 12.1 Å². The highest BCUT2D eigenvalue weighted by atomic mass is 19.3. The zero-order valence-corrected chi connectivity index (χ0v) is 11.8. The summed E-state index contributed by atoms with van der Waals surface area (Å²) >= 11 is 0. The molecular weight excluding hydrogens is 286 g/mol. The molecule has 0 radical (unpaired) electrons. The van der Waals surface area contributed by atoms with E-state index in [2.05, 4.69) is 10.1 Å². The van der Waals surface area contributed by atoms with Gasteiger partial charge in [-0.2, -0.15) is 0 Å². The van der Waals surface area contributed by atoms with Gasteiger partial charge in [-0.3, -0.25) is 4.79 Å². The topological polar surface area (TPSA) is 82.8 Å². The number of hydrogen-bond acceptors (Lipinski definition) is 5. The van der Waals surface area contributed by atoms with E-state index in [-0.39, 0.29) is 24.4 Å². The Labute approximate surface area is 121 Å². The van der Waals surface area contributed by atoms with Crippen LogP contribution in [0.5, 0.6) is 11.5 Å². The lowest BCUT2D eigenvalue weighted by molar-refractivity contribution is 0.0188. The van der Waals surface area contributed by atoms with Crippen molar-refractivity contribution in [2.24, 2.45) is 0 Å². The van der Waals surface area contributed by atoms with Crippen molar-refractivity contribution in [2.45, 2.75) is 6.43 Å². The van der Waals surface area contributed by atoms with Crippen molar-refractivity contribution in [3.05, 3.63) is 17.7 Å². The van der Waals surface area contributed by atoms with Crippen LogP contribution in [0.1, 0.15) is 10.4 Å². The Morgan fingerprint density at radius 2 is 2.05 bits per heavy atom. The summed E-state index contributed by atoms with van der Waals surface area (Å²) in [6.45, 7) is -0.591. The number of carbonyl (C=O) groups is 1. The maximum Gasteiger partial charge on any atom is 0.261 e. The number of amides is 1. The molecule has 0 aliphatic heterocycles. The average molecular weight is 304 g/mol. The maximum atomic E-state index is 12.0. The number of hydrogen-bond donors (Lipinski definition) is 2. The van der Waals surface area contributed by atoms with Crippen LogP contribution in [-0.2, 0) is 4.74 Å². The highest BCUT2D eigenvalue weighted by Crippen LogP contribution is 2.30. The van der Waals surface area contributed by atoms with E-state index in [4.69, 9.17) is 15.2 Å². The summed E-state index contributed by atoms with van der Waals surface area (Å²) in [7, 11) is 2.87. The van der Waals surface area contributed by atoms with Crippen molar-refractivity contribution in [1.29, 1.82) is 0 Å². The molecule has 0 fully saturated rings. The minimum Gasteiger partial charge on any atom is -0.497 e. The second kappa shape index (κ2) is 8.25. The summed E-state index contributed by atoms with van der Waals surface area (Å²) in [5.74, 6) is 0.263. The van der Waals surface area contributed by atoms with Gasteiger partial charge in [0.15, 0.2) is 0 Å². The Kier molecular flexibility index (Phi) is 6.67. The number of nitrogen functional groups attached to an aromatic ring is 1. The molecule has 0 atom stereocenters. The molecule has 0 aliphatic carbocycles. The monoisotopic (exact) mass is 304 g/mol. The van der Waals surface area contributed by atoms with E-state index in [1.165, 1.54) is 20.3 Å². The third kappa shape index (κ3) is 5.07. The van der Waals surface area contributed by atoms with E-state index in [0.717, 1.165) is 0 Å². The van der Waals surface area contributed by atoms with Gasteiger partial charge >= 0.3 is 0 Å². The number of anilines is 1. The lowest BCUT2D eigenvalue weighted by Gasteiger charge is -2.13. The minimum atomic E-state index is -2.53. The molecule has 21 heavy (non-hydrogen) atoms. The predicted octanol–water partition coefficient (Wildman–Crippen LogP) is 1.30. The Bertz CT molecular complexity index is 483. The molecule has 0 saturated carbocycles. The zero-order valence-electron chi connectivity index (χ0n) is 11.8. The Morgan fingerprint density at radius 1 is 1.33 bits per heavy atom. The van der Waals surface area contributed by atoms with Crippen LogP contribution >= 0.6 is 0 Å². The summed E-state index contributed by atoms with van der Waals surface area (Å²) in [6, 6.07) is 3.02. The zero-order chi connectivity index (χ0) is 15.8. The summed E-state index contributed by atoms with van der Waals surface area (Å²) in [6.07, 6.45) is -2.53. The molecule has 6 nitrogen and oxygen atoms in total. The molecule has 0 aromatic heterocycles. The lowest BCUT2D eigenvalue weighted by atomic mass is 10.1. The molecule has 0 bridgehead atoms. The quantitative estimate of drug-likeness (QED) is 0.559. The van der Waals surface area contributed by atoms with Crippen LogP contribution in [0.3, 0.4) is 0 Å². The molecule has 118 valence electrons. The van der Waals surface area contributed by atoms with Crippen LogP contribution in [0.4, 0.5) is 14.5 Å². The first kappa shape index (κ1) is 17.0. The van der Waals surface area contributed by atoms with Crippen LogP contribution in [0.2, 0.25) is 0 Å². The molecule has 0 spiro atoms. The molecule has 1 rings (SSSR count). The van der Waals surface area contributed by atoms with Gasteiger partial charge in [0.2, 0.25) is 0 Å². The molecule has 8 heteroatoms. The number of methoxy groups -OCH3 is 2. The smallest absolute Gasteiger partial charge is 0.261 e. The van der Waals surface area contributed by atoms with E-state index in [1.807, 2.05) is 0 Å². The lowest BCUT2D eigenvalue weighted by Crippen LogP contribution is -2.28. The molecule has 1 aromatic rings. The van der Waals surface area contributed by atoms with E-state index in [0.29, 0.717) is 11.5 Å². The third-order valence-electron chi connectivity index (χ3n) is 2.59. The average Bonchev–Trinajstić information content (AvgIpc) is 2.46. The van der Waals surface area contributed by atoms with Crippen molar-refractivity contribution in [1.82, 2.24) is 5.32 Å². The van der Waals surface area contributed by atoms with Crippen LogP contribution < -0.4 is 20.5 Å². The fraction of sp³-hybridized carbons (Fsp3) is 0.462. The second-order valence-electron chi connectivity index (χ2n) is 4.01. The SMILES string of the molecule is COc1cc(OC)c(N)c(C(=O)NCCOCC(F)F)c1.